The molecule has 0 bridgehead atoms. The number of carbonyl (C=O) groups is 1. The summed E-state index contributed by atoms with van der Waals surface area (Å²) in [5.74, 6) is 0.877. The predicted molar refractivity (Wildman–Crippen MR) is 87.2 cm³/mol. The maximum absolute atomic E-state index is 12.4. The Labute approximate surface area is 130 Å². The van der Waals surface area contributed by atoms with Crippen LogP contribution < -0.4 is 5.73 Å². The molecule has 20 heavy (non-hydrogen) atoms. The van der Waals surface area contributed by atoms with Crippen LogP contribution in [0.4, 0.5) is 0 Å². The van der Waals surface area contributed by atoms with E-state index in [0.717, 1.165) is 25.9 Å². The van der Waals surface area contributed by atoms with Crippen molar-refractivity contribution in [2.24, 2.45) is 11.7 Å². The van der Waals surface area contributed by atoms with E-state index in [2.05, 4.69) is 39.5 Å². The zero-order valence-electron chi connectivity index (χ0n) is 13.6. The second kappa shape index (κ2) is 8.85. The van der Waals surface area contributed by atoms with E-state index in [1.807, 2.05) is 4.90 Å². The fourth-order valence-electron chi connectivity index (χ4n) is 3.08. The van der Waals surface area contributed by atoms with Gasteiger partial charge in [0.1, 0.15) is 0 Å². The monoisotopic (exact) mass is 305 g/mol. The summed E-state index contributed by atoms with van der Waals surface area (Å²) in [6.45, 7) is 13.0. The van der Waals surface area contributed by atoms with Gasteiger partial charge in [-0.15, -0.1) is 12.4 Å². The molecule has 1 heterocycles. The van der Waals surface area contributed by atoms with E-state index < -0.39 is 0 Å². The van der Waals surface area contributed by atoms with Gasteiger partial charge in [-0.1, -0.05) is 0 Å². The number of halogens is 1. The number of nitrogens with zero attached hydrogens (tertiary/aromatic N) is 2. The van der Waals surface area contributed by atoms with Crippen LogP contribution in [-0.2, 0) is 4.79 Å². The van der Waals surface area contributed by atoms with E-state index in [9.17, 15) is 4.79 Å². The Hall–Kier alpha value is -0.320. The molecule has 1 rings (SSSR count). The minimum atomic E-state index is 0. The summed E-state index contributed by atoms with van der Waals surface area (Å²) in [6.07, 6.45) is 2.24. The highest BCUT2D eigenvalue weighted by molar-refractivity contribution is 5.85. The fraction of sp³-hybridized carbons (Fsp3) is 0.933. The Morgan fingerprint density at radius 2 is 1.60 bits per heavy atom. The summed E-state index contributed by atoms with van der Waals surface area (Å²) in [5.41, 5.74) is 5.95. The molecule has 120 valence electrons. The van der Waals surface area contributed by atoms with Gasteiger partial charge in [0.15, 0.2) is 0 Å². The molecule has 4 nitrogen and oxygen atoms in total. The van der Waals surface area contributed by atoms with E-state index in [0.29, 0.717) is 12.5 Å². The molecule has 1 fully saturated rings. The molecule has 1 aliphatic rings. The SMILES string of the molecule is CC(N)C1CCN(CC(=O)N(C(C)C)C(C)C)CC1.Cl. The van der Waals surface area contributed by atoms with Gasteiger partial charge < -0.3 is 10.6 Å². The Balaban J connectivity index is 0.00000361. The van der Waals surface area contributed by atoms with Crippen molar-refractivity contribution in [1.82, 2.24) is 9.80 Å². The van der Waals surface area contributed by atoms with Crippen LogP contribution in [0.2, 0.25) is 0 Å². The molecule has 2 N–H and O–H groups in total. The first-order chi connectivity index (χ1) is 8.82. The molecule has 1 atom stereocenters. The quantitative estimate of drug-likeness (QED) is 0.846. The minimum Gasteiger partial charge on any atom is -0.337 e. The minimum absolute atomic E-state index is 0. The van der Waals surface area contributed by atoms with Crippen LogP contribution in [0, 0.1) is 5.92 Å². The van der Waals surface area contributed by atoms with E-state index in [4.69, 9.17) is 5.73 Å². The van der Waals surface area contributed by atoms with Crippen LogP contribution in [-0.4, -0.2) is 53.5 Å². The number of nitrogens with two attached hydrogens (primary N) is 1. The van der Waals surface area contributed by atoms with Crippen LogP contribution >= 0.6 is 12.4 Å². The van der Waals surface area contributed by atoms with Gasteiger partial charge in [0.05, 0.1) is 6.54 Å². The van der Waals surface area contributed by atoms with Crippen LogP contribution in [0.5, 0.6) is 0 Å². The van der Waals surface area contributed by atoms with Crippen molar-refractivity contribution in [2.45, 2.75) is 65.6 Å². The molecule has 5 heteroatoms. The highest BCUT2D eigenvalue weighted by atomic mass is 35.5. The number of hydrogen-bond donors (Lipinski definition) is 1. The first-order valence-electron chi connectivity index (χ1n) is 7.62. The third kappa shape index (κ3) is 5.58. The predicted octanol–water partition coefficient (Wildman–Crippen LogP) is 2.11. The lowest BCUT2D eigenvalue weighted by molar-refractivity contribution is -0.136. The molecule has 1 unspecified atom stereocenters. The number of hydrogen-bond acceptors (Lipinski definition) is 3. The van der Waals surface area contributed by atoms with Gasteiger partial charge in [-0.25, -0.2) is 0 Å². The van der Waals surface area contributed by atoms with Gasteiger partial charge in [0.2, 0.25) is 5.91 Å². The van der Waals surface area contributed by atoms with E-state index in [1.54, 1.807) is 0 Å². The number of amides is 1. The van der Waals surface area contributed by atoms with E-state index in [1.165, 1.54) is 0 Å². The molecule has 0 saturated carbocycles. The molecular formula is C15H32ClN3O. The molecule has 0 aromatic carbocycles. The van der Waals surface area contributed by atoms with Crippen molar-refractivity contribution in [2.75, 3.05) is 19.6 Å². The molecular weight excluding hydrogens is 274 g/mol. The second-order valence-electron chi connectivity index (χ2n) is 6.46. The molecule has 0 aliphatic carbocycles. The van der Waals surface area contributed by atoms with Crippen LogP contribution in [0.1, 0.15) is 47.5 Å². The number of likely N-dealkylation sites (tertiary alicyclic amines) is 1. The Bertz CT molecular complexity index is 279. The molecule has 1 aliphatic heterocycles. The molecule has 1 saturated heterocycles. The van der Waals surface area contributed by atoms with Crippen molar-refractivity contribution < 1.29 is 4.79 Å². The molecule has 0 aromatic heterocycles. The molecule has 1 amide bonds. The number of piperidine rings is 1. The molecule has 0 aromatic rings. The standard InChI is InChI=1S/C15H31N3O.ClH/c1-11(2)18(12(3)4)15(19)10-17-8-6-14(7-9-17)13(5)16;/h11-14H,6-10,16H2,1-5H3;1H. The summed E-state index contributed by atoms with van der Waals surface area (Å²) in [4.78, 5) is 16.6. The Morgan fingerprint density at radius 1 is 1.15 bits per heavy atom. The van der Waals surface area contributed by atoms with Crippen molar-refractivity contribution in [3.05, 3.63) is 0 Å². The maximum atomic E-state index is 12.4. The smallest absolute Gasteiger partial charge is 0.237 e. The average molecular weight is 306 g/mol. The lowest BCUT2D eigenvalue weighted by Gasteiger charge is -2.36. The molecule has 0 radical (unpaired) electrons. The lowest BCUT2D eigenvalue weighted by Crippen LogP contribution is -2.49. The van der Waals surface area contributed by atoms with E-state index >= 15 is 0 Å². The first-order valence-corrected chi connectivity index (χ1v) is 7.62. The van der Waals surface area contributed by atoms with Crippen LogP contribution in [0.3, 0.4) is 0 Å². The van der Waals surface area contributed by atoms with Crippen LogP contribution in [0.25, 0.3) is 0 Å². The fourth-order valence-corrected chi connectivity index (χ4v) is 3.08. The van der Waals surface area contributed by atoms with Gasteiger partial charge in [-0.3, -0.25) is 9.69 Å². The highest BCUT2D eigenvalue weighted by Crippen LogP contribution is 2.19. The number of rotatable bonds is 5. The van der Waals surface area contributed by atoms with Gasteiger partial charge in [0, 0.05) is 18.1 Å². The highest BCUT2D eigenvalue weighted by Gasteiger charge is 2.26. The lowest BCUT2D eigenvalue weighted by atomic mass is 9.91. The summed E-state index contributed by atoms with van der Waals surface area (Å²) in [7, 11) is 0. The summed E-state index contributed by atoms with van der Waals surface area (Å²) in [6, 6.07) is 0.823. The second-order valence-corrected chi connectivity index (χ2v) is 6.46. The van der Waals surface area contributed by atoms with E-state index in [-0.39, 0.29) is 36.4 Å². The zero-order chi connectivity index (χ0) is 14.6. The topological polar surface area (TPSA) is 49.6 Å². The average Bonchev–Trinajstić information content (AvgIpc) is 2.28. The van der Waals surface area contributed by atoms with Crippen LogP contribution in [0.15, 0.2) is 0 Å². The summed E-state index contributed by atoms with van der Waals surface area (Å²) >= 11 is 0. The Morgan fingerprint density at radius 3 is 1.95 bits per heavy atom. The third-order valence-corrected chi connectivity index (χ3v) is 4.14. The zero-order valence-corrected chi connectivity index (χ0v) is 14.4. The molecule has 0 spiro atoms. The van der Waals surface area contributed by atoms with Crippen molar-refractivity contribution in [3.63, 3.8) is 0 Å². The van der Waals surface area contributed by atoms with Gasteiger partial charge >= 0.3 is 0 Å². The van der Waals surface area contributed by atoms with Gasteiger partial charge in [-0.2, -0.15) is 0 Å². The van der Waals surface area contributed by atoms with Gasteiger partial charge in [0.25, 0.3) is 0 Å². The Kier molecular flexibility index (Phi) is 8.71. The van der Waals surface area contributed by atoms with Crippen molar-refractivity contribution in [3.8, 4) is 0 Å². The normalized spacial score (nSPS) is 19.0. The summed E-state index contributed by atoms with van der Waals surface area (Å²) in [5, 5.41) is 0. The van der Waals surface area contributed by atoms with Gasteiger partial charge in [-0.05, 0) is 66.5 Å². The third-order valence-electron chi connectivity index (χ3n) is 4.14. The van der Waals surface area contributed by atoms with Crippen molar-refractivity contribution >= 4 is 18.3 Å². The summed E-state index contributed by atoms with van der Waals surface area (Å²) < 4.78 is 0. The first kappa shape index (κ1) is 19.7. The maximum Gasteiger partial charge on any atom is 0.237 e. The largest absolute Gasteiger partial charge is 0.337 e. The van der Waals surface area contributed by atoms with Crippen molar-refractivity contribution in [1.29, 1.82) is 0 Å². The number of carbonyl (C=O) groups excluding carboxylic acids is 1.